The number of ether oxygens (including phenoxy) is 1. The van der Waals surface area contributed by atoms with Gasteiger partial charge in [0, 0.05) is 15.8 Å². The lowest BCUT2D eigenvalue weighted by Gasteiger charge is -2.03. The fraction of sp³-hybridized carbons (Fsp3) is 0.235. The van der Waals surface area contributed by atoms with Crippen molar-refractivity contribution >= 4 is 28.2 Å². The first kappa shape index (κ1) is 14.7. The third-order valence-corrected chi connectivity index (χ3v) is 4.75. The molecule has 0 saturated carbocycles. The summed E-state index contributed by atoms with van der Waals surface area (Å²) in [6.45, 7) is 4.44. The molecule has 4 nitrogen and oxygen atoms in total. The zero-order chi connectivity index (χ0) is 15.7. The number of benzene rings is 1. The van der Waals surface area contributed by atoms with E-state index in [9.17, 15) is 4.79 Å². The molecule has 0 radical (unpaired) electrons. The maximum absolute atomic E-state index is 12.4. The maximum atomic E-state index is 12.4. The van der Waals surface area contributed by atoms with Crippen molar-refractivity contribution in [3.63, 3.8) is 0 Å². The highest BCUT2D eigenvalue weighted by molar-refractivity contribution is 7.10. The molecule has 3 rings (SSSR count). The number of aryl methyl sites for hydroxylation is 2. The quantitative estimate of drug-likeness (QED) is 0.790. The molecule has 1 aromatic carbocycles. The number of hydrogen-bond donors (Lipinski definition) is 1. The monoisotopic (exact) mass is 315 g/mol. The van der Waals surface area contributed by atoms with Gasteiger partial charge in [-0.2, -0.15) is 0 Å². The molecule has 0 aliphatic carbocycles. The summed E-state index contributed by atoms with van der Waals surface area (Å²) in [6.07, 6.45) is 0. The predicted octanol–water partition coefficient (Wildman–Crippen LogP) is 4.05. The van der Waals surface area contributed by atoms with Crippen LogP contribution in [0.25, 0.3) is 11.0 Å². The first-order valence-corrected chi connectivity index (χ1v) is 7.86. The molecule has 2 aromatic heterocycles. The van der Waals surface area contributed by atoms with Crippen molar-refractivity contribution in [2.45, 2.75) is 20.4 Å². The highest BCUT2D eigenvalue weighted by Gasteiger charge is 2.18. The second-order valence-electron chi connectivity index (χ2n) is 5.13. The Morgan fingerprint density at radius 2 is 2.14 bits per heavy atom. The lowest BCUT2D eigenvalue weighted by atomic mass is 10.1. The van der Waals surface area contributed by atoms with Crippen molar-refractivity contribution in [2.75, 3.05) is 7.11 Å². The Labute approximate surface area is 132 Å². The predicted molar refractivity (Wildman–Crippen MR) is 87.7 cm³/mol. The minimum Gasteiger partial charge on any atom is -0.497 e. The zero-order valence-corrected chi connectivity index (χ0v) is 13.5. The van der Waals surface area contributed by atoms with Crippen molar-refractivity contribution in [2.24, 2.45) is 0 Å². The molecular formula is C17H17NO3S. The molecule has 0 atom stereocenters. The second-order valence-corrected chi connectivity index (χ2v) is 6.13. The number of thiophene rings is 1. The zero-order valence-electron chi connectivity index (χ0n) is 12.7. The number of methoxy groups -OCH3 is 1. The van der Waals surface area contributed by atoms with Crippen LogP contribution in [0.15, 0.2) is 34.1 Å². The average Bonchev–Trinajstić information content (AvgIpc) is 3.08. The minimum atomic E-state index is -0.194. The van der Waals surface area contributed by atoms with E-state index in [1.165, 1.54) is 5.56 Å². The Bertz CT molecular complexity index is 832. The van der Waals surface area contributed by atoms with Crippen LogP contribution in [0.3, 0.4) is 0 Å². The number of hydrogen-bond acceptors (Lipinski definition) is 4. The summed E-state index contributed by atoms with van der Waals surface area (Å²) in [4.78, 5) is 13.5. The van der Waals surface area contributed by atoms with Gasteiger partial charge in [0.25, 0.3) is 5.91 Å². The molecule has 0 aliphatic heterocycles. The van der Waals surface area contributed by atoms with Crippen molar-refractivity contribution in [3.05, 3.63) is 51.4 Å². The Morgan fingerprint density at radius 3 is 2.82 bits per heavy atom. The van der Waals surface area contributed by atoms with Gasteiger partial charge in [-0.25, -0.2) is 0 Å². The largest absolute Gasteiger partial charge is 0.497 e. The van der Waals surface area contributed by atoms with Gasteiger partial charge in [0.15, 0.2) is 5.76 Å². The summed E-state index contributed by atoms with van der Waals surface area (Å²) in [7, 11) is 1.62. The fourth-order valence-corrected chi connectivity index (χ4v) is 3.22. The molecule has 114 valence electrons. The number of fused-ring (bicyclic) bond motifs is 1. The molecule has 1 amide bonds. The molecule has 5 heteroatoms. The summed E-state index contributed by atoms with van der Waals surface area (Å²) in [5, 5.41) is 5.84. The van der Waals surface area contributed by atoms with Crippen LogP contribution < -0.4 is 10.1 Å². The van der Waals surface area contributed by atoms with Gasteiger partial charge in [0.2, 0.25) is 0 Å². The molecule has 1 N–H and O–H groups in total. The number of nitrogens with one attached hydrogen (secondary N) is 1. The lowest BCUT2D eigenvalue weighted by Crippen LogP contribution is -2.22. The number of amides is 1. The van der Waals surface area contributed by atoms with E-state index in [1.54, 1.807) is 18.4 Å². The number of carbonyl (C=O) groups is 1. The summed E-state index contributed by atoms with van der Waals surface area (Å²) < 4.78 is 10.9. The molecule has 0 bridgehead atoms. The van der Waals surface area contributed by atoms with Crippen LogP contribution in [0.5, 0.6) is 5.75 Å². The van der Waals surface area contributed by atoms with Crippen molar-refractivity contribution in [1.29, 1.82) is 0 Å². The Hall–Kier alpha value is -2.27. The van der Waals surface area contributed by atoms with Crippen LogP contribution >= 0.6 is 11.3 Å². The van der Waals surface area contributed by atoms with Crippen LogP contribution in [-0.2, 0) is 6.54 Å². The topological polar surface area (TPSA) is 51.5 Å². The average molecular weight is 315 g/mol. The number of furan rings is 1. The van der Waals surface area contributed by atoms with Gasteiger partial charge >= 0.3 is 0 Å². The van der Waals surface area contributed by atoms with Crippen molar-refractivity contribution < 1.29 is 13.9 Å². The first-order chi connectivity index (χ1) is 10.6. The van der Waals surface area contributed by atoms with Gasteiger partial charge in [-0.1, -0.05) is 0 Å². The lowest BCUT2D eigenvalue weighted by molar-refractivity contribution is 0.0925. The van der Waals surface area contributed by atoms with Crippen molar-refractivity contribution in [1.82, 2.24) is 5.32 Å². The van der Waals surface area contributed by atoms with Crippen LogP contribution in [0, 0.1) is 13.8 Å². The van der Waals surface area contributed by atoms with Crippen LogP contribution in [-0.4, -0.2) is 13.0 Å². The highest BCUT2D eigenvalue weighted by Crippen LogP contribution is 2.28. The van der Waals surface area contributed by atoms with E-state index in [0.29, 0.717) is 17.9 Å². The summed E-state index contributed by atoms with van der Waals surface area (Å²) in [5.74, 6) is 0.912. The molecule has 3 aromatic rings. The fourth-order valence-electron chi connectivity index (χ4n) is 2.37. The van der Waals surface area contributed by atoms with Crippen LogP contribution in [0.2, 0.25) is 0 Å². The van der Waals surface area contributed by atoms with E-state index in [2.05, 4.69) is 5.32 Å². The Kier molecular flexibility index (Phi) is 3.90. The second kappa shape index (κ2) is 5.85. The summed E-state index contributed by atoms with van der Waals surface area (Å²) >= 11 is 1.64. The molecule has 0 aliphatic rings. The van der Waals surface area contributed by atoms with Crippen molar-refractivity contribution in [3.8, 4) is 5.75 Å². The van der Waals surface area contributed by atoms with Gasteiger partial charge in [0.1, 0.15) is 11.3 Å². The third kappa shape index (κ3) is 2.60. The maximum Gasteiger partial charge on any atom is 0.287 e. The van der Waals surface area contributed by atoms with E-state index in [4.69, 9.17) is 9.15 Å². The Balaban J connectivity index is 1.84. The SMILES string of the molecule is COc1ccc2oc(C(=O)NCc3sccc3C)c(C)c2c1. The molecule has 2 heterocycles. The molecule has 0 fully saturated rings. The van der Waals surface area contributed by atoms with Gasteiger partial charge in [-0.15, -0.1) is 11.3 Å². The summed E-state index contributed by atoms with van der Waals surface area (Å²) in [5.41, 5.74) is 2.71. The number of carbonyl (C=O) groups excluding carboxylic acids is 1. The van der Waals surface area contributed by atoms with E-state index in [1.807, 2.05) is 43.5 Å². The molecule has 0 spiro atoms. The van der Waals surface area contributed by atoms with Gasteiger partial charge in [-0.05, 0) is 49.1 Å². The van der Waals surface area contributed by atoms with Gasteiger partial charge in [0.05, 0.1) is 13.7 Å². The molecule has 22 heavy (non-hydrogen) atoms. The van der Waals surface area contributed by atoms with E-state index >= 15 is 0 Å². The molecule has 0 saturated heterocycles. The molecule has 0 unspecified atom stereocenters. The van der Waals surface area contributed by atoms with Gasteiger partial charge < -0.3 is 14.5 Å². The van der Waals surface area contributed by atoms with E-state index in [-0.39, 0.29) is 5.91 Å². The normalized spacial score (nSPS) is 10.9. The van der Waals surface area contributed by atoms with Gasteiger partial charge in [-0.3, -0.25) is 4.79 Å². The summed E-state index contributed by atoms with van der Waals surface area (Å²) in [6, 6.07) is 7.57. The number of rotatable bonds is 4. The molecular weight excluding hydrogens is 298 g/mol. The minimum absolute atomic E-state index is 0.194. The van der Waals surface area contributed by atoms with E-state index in [0.717, 1.165) is 21.6 Å². The standard InChI is InChI=1S/C17H17NO3S/c1-10-6-7-22-15(10)9-18-17(19)16-11(2)13-8-12(20-3)4-5-14(13)21-16/h4-8H,9H2,1-3H3,(H,18,19). The van der Waals surface area contributed by atoms with Crippen LogP contribution in [0.4, 0.5) is 0 Å². The third-order valence-electron chi connectivity index (χ3n) is 3.73. The van der Waals surface area contributed by atoms with Crippen LogP contribution in [0.1, 0.15) is 26.6 Å². The van der Waals surface area contributed by atoms with E-state index < -0.39 is 0 Å². The Morgan fingerprint density at radius 1 is 1.32 bits per heavy atom. The first-order valence-electron chi connectivity index (χ1n) is 6.98. The highest BCUT2D eigenvalue weighted by atomic mass is 32.1. The smallest absolute Gasteiger partial charge is 0.287 e.